The molecule has 2 amide bonds. The van der Waals surface area contributed by atoms with Gasteiger partial charge in [-0.1, -0.05) is 19.4 Å². The molecular weight excluding hydrogens is 279 g/mol. The van der Waals surface area contributed by atoms with Crippen molar-refractivity contribution in [2.75, 3.05) is 11.9 Å². The Bertz CT molecular complexity index is 519. The number of carbonyl (C=O) groups is 1. The first kappa shape index (κ1) is 18.4. The maximum Gasteiger partial charge on any atom is 0.319 e. The molecule has 1 radical (unpaired) electrons. The van der Waals surface area contributed by atoms with Gasteiger partial charge in [0.15, 0.2) is 0 Å². The molecular formula is C11H16N2NaO4S. The van der Waals surface area contributed by atoms with E-state index in [1.54, 1.807) is 0 Å². The number of urea groups is 1. The predicted molar refractivity (Wildman–Crippen MR) is 73.9 cm³/mol. The van der Waals surface area contributed by atoms with Gasteiger partial charge in [-0.15, -0.1) is 0 Å². The van der Waals surface area contributed by atoms with E-state index >= 15 is 0 Å². The molecule has 101 valence electrons. The Morgan fingerprint density at radius 3 is 2.63 bits per heavy atom. The third-order valence-electron chi connectivity index (χ3n) is 2.21. The van der Waals surface area contributed by atoms with Gasteiger partial charge < -0.3 is 10.6 Å². The molecule has 1 aromatic carbocycles. The number of rotatable bonds is 5. The molecule has 19 heavy (non-hydrogen) atoms. The standard InChI is InChI=1S/C11H16N2O4S.Na/c1-2-3-7-12-11(14)13-9-5-4-6-10(8-9)18(15,16)17;/h4-6,8H,2-3,7H2,1H3,(H2,12,13,14)(H,15,16,17);. The SMILES string of the molecule is CCCCNC(=O)Nc1cccc(S(=O)(=O)O)c1.[Na]. The maximum atomic E-state index is 11.4. The minimum atomic E-state index is -4.25. The van der Waals surface area contributed by atoms with Crippen LogP contribution in [0.5, 0.6) is 0 Å². The van der Waals surface area contributed by atoms with Crippen LogP contribution in [-0.4, -0.2) is 55.1 Å². The molecule has 6 nitrogen and oxygen atoms in total. The Morgan fingerprint density at radius 1 is 1.37 bits per heavy atom. The Kier molecular flexibility index (Phi) is 8.28. The molecule has 0 spiro atoms. The fourth-order valence-corrected chi connectivity index (χ4v) is 1.81. The molecule has 1 rings (SSSR count). The van der Waals surface area contributed by atoms with Gasteiger partial charge in [0.05, 0.1) is 4.90 Å². The van der Waals surface area contributed by atoms with Crippen LogP contribution in [0, 0.1) is 0 Å². The molecule has 0 aliphatic heterocycles. The van der Waals surface area contributed by atoms with Crippen LogP contribution in [0.15, 0.2) is 29.2 Å². The van der Waals surface area contributed by atoms with Gasteiger partial charge in [-0.3, -0.25) is 4.55 Å². The number of benzene rings is 1. The number of nitrogens with one attached hydrogen (secondary N) is 2. The molecule has 0 heterocycles. The molecule has 1 aromatic rings. The number of amides is 2. The van der Waals surface area contributed by atoms with Gasteiger partial charge in [-0.25, -0.2) is 4.79 Å². The number of hydrogen-bond acceptors (Lipinski definition) is 3. The predicted octanol–water partition coefficient (Wildman–Crippen LogP) is 1.47. The van der Waals surface area contributed by atoms with Gasteiger partial charge in [-0.05, 0) is 24.6 Å². The van der Waals surface area contributed by atoms with Gasteiger partial charge in [-0.2, -0.15) is 8.42 Å². The summed E-state index contributed by atoms with van der Waals surface area (Å²) >= 11 is 0. The second-order valence-electron chi connectivity index (χ2n) is 3.74. The summed E-state index contributed by atoms with van der Waals surface area (Å²) in [7, 11) is -4.25. The quantitative estimate of drug-likeness (QED) is 0.435. The Morgan fingerprint density at radius 2 is 2.05 bits per heavy atom. The molecule has 0 aromatic heterocycles. The second-order valence-corrected chi connectivity index (χ2v) is 5.16. The van der Waals surface area contributed by atoms with Gasteiger partial charge in [0, 0.05) is 41.8 Å². The molecule has 0 fully saturated rings. The zero-order chi connectivity index (χ0) is 13.6. The number of anilines is 1. The van der Waals surface area contributed by atoms with Crippen molar-refractivity contribution in [3.8, 4) is 0 Å². The first-order valence-electron chi connectivity index (χ1n) is 5.56. The van der Waals surface area contributed by atoms with E-state index in [1.807, 2.05) is 6.92 Å². The minimum absolute atomic E-state index is 0. The number of unbranched alkanes of at least 4 members (excludes halogenated alkanes) is 1. The van der Waals surface area contributed by atoms with E-state index in [0.717, 1.165) is 12.8 Å². The van der Waals surface area contributed by atoms with Crippen LogP contribution >= 0.6 is 0 Å². The van der Waals surface area contributed by atoms with Gasteiger partial charge >= 0.3 is 6.03 Å². The third-order valence-corrected chi connectivity index (χ3v) is 3.06. The number of hydrogen-bond donors (Lipinski definition) is 3. The summed E-state index contributed by atoms with van der Waals surface area (Å²) in [4.78, 5) is 11.2. The summed E-state index contributed by atoms with van der Waals surface area (Å²) in [6, 6.07) is 5.00. The van der Waals surface area contributed by atoms with E-state index in [4.69, 9.17) is 4.55 Å². The Balaban J connectivity index is 0.00000324. The van der Waals surface area contributed by atoms with E-state index < -0.39 is 16.1 Å². The molecule has 0 unspecified atom stereocenters. The van der Waals surface area contributed by atoms with E-state index in [1.165, 1.54) is 24.3 Å². The van der Waals surface area contributed by atoms with Gasteiger partial charge in [0.2, 0.25) is 0 Å². The molecule has 0 saturated heterocycles. The van der Waals surface area contributed by atoms with Crippen LogP contribution in [0.1, 0.15) is 19.8 Å². The van der Waals surface area contributed by atoms with E-state index in [0.29, 0.717) is 12.2 Å². The van der Waals surface area contributed by atoms with Crippen molar-refractivity contribution in [2.24, 2.45) is 0 Å². The normalized spacial score (nSPS) is 10.4. The van der Waals surface area contributed by atoms with Crippen molar-refractivity contribution in [3.05, 3.63) is 24.3 Å². The summed E-state index contributed by atoms with van der Waals surface area (Å²) in [5.41, 5.74) is 0.305. The van der Waals surface area contributed by atoms with E-state index in [9.17, 15) is 13.2 Å². The summed E-state index contributed by atoms with van der Waals surface area (Å²) in [6.45, 7) is 2.56. The first-order valence-corrected chi connectivity index (χ1v) is 7.00. The van der Waals surface area contributed by atoms with Gasteiger partial charge in [0.1, 0.15) is 0 Å². The van der Waals surface area contributed by atoms with Crippen LogP contribution < -0.4 is 10.6 Å². The summed E-state index contributed by atoms with van der Waals surface area (Å²) < 4.78 is 30.7. The fraction of sp³-hybridized carbons (Fsp3) is 0.364. The van der Waals surface area contributed by atoms with Crippen LogP contribution in [0.25, 0.3) is 0 Å². The third kappa shape index (κ3) is 6.93. The Hall–Kier alpha value is -0.600. The van der Waals surface area contributed by atoms with Crippen molar-refractivity contribution in [1.82, 2.24) is 5.32 Å². The zero-order valence-corrected chi connectivity index (χ0v) is 13.8. The summed E-state index contributed by atoms with van der Waals surface area (Å²) in [5.74, 6) is 0. The fourth-order valence-electron chi connectivity index (χ4n) is 1.29. The zero-order valence-electron chi connectivity index (χ0n) is 11.0. The molecule has 0 aliphatic carbocycles. The largest absolute Gasteiger partial charge is 0.338 e. The first-order chi connectivity index (χ1) is 8.43. The van der Waals surface area contributed by atoms with Gasteiger partial charge in [0.25, 0.3) is 10.1 Å². The second kappa shape index (κ2) is 8.55. The smallest absolute Gasteiger partial charge is 0.319 e. The summed E-state index contributed by atoms with van der Waals surface area (Å²) in [6.07, 6.45) is 1.84. The van der Waals surface area contributed by atoms with Crippen molar-refractivity contribution >= 4 is 51.4 Å². The average molecular weight is 295 g/mol. The van der Waals surface area contributed by atoms with E-state index in [-0.39, 0.29) is 34.5 Å². The molecule has 8 heteroatoms. The molecule has 3 N–H and O–H groups in total. The van der Waals surface area contributed by atoms with Crippen LogP contribution in [-0.2, 0) is 10.1 Å². The van der Waals surface area contributed by atoms with Crippen LogP contribution in [0.3, 0.4) is 0 Å². The monoisotopic (exact) mass is 295 g/mol. The average Bonchev–Trinajstić information content (AvgIpc) is 2.28. The van der Waals surface area contributed by atoms with Crippen molar-refractivity contribution in [1.29, 1.82) is 0 Å². The summed E-state index contributed by atoms with van der Waals surface area (Å²) in [5, 5.41) is 5.12. The van der Waals surface area contributed by atoms with Crippen LogP contribution in [0.4, 0.5) is 10.5 Å². The number of carbonyl (C=O) groups excluding carboxylic acids is 1. The van der Waals surface area contributed by atoms with E-state index in [2.05, 4.69) is 10.6 Å². The topological polar surface area (TPSA) is 95.5 Å². The molecule has 0 bridgehead atoms. The van der Waals surface area contributed by atoms with Crippen molar-refractivity contribution in [2.45, 2.75) is 24.7 Å². The van der Waals surface area contributed by atoms with Crippen molar-refractivity contribution < 1.29 is 17.8 Å². The molecule has 0 atom stereocenters. The Labute approximate surface area is 135 Å². The maximum absolute atomic E-state index is 11.4. The minimum Gasteiger partial charge on any atom is -0.338 e. The van der Waals surface area contributed by atoms with Crippen LogP contribution in [0.2, 0.25) is 0 Å². The molecule has 0 aliphatic rings. The van der Waals surface area contributed by atoms with Crippen molar-refractivity contribution in [3.63, 3.8) is 0 Å². The molecule has 0 saturated carbocycles.